The van der Waals surface area contributed by atoms with Gasteiger partial charge in [0.1, 0.15) is 0 Å². The molecule has 4 saturated carbocycles. The lowest BCUT2D eigenvalue weighted by atomic mass is 9.48. The summed E-state index contributed by atoms with van der Waals surface area (Å²) in [5.74, 6) is 3.04. The molecule has 0 aliphatic heterocycles. The monoisotopic (exact) mass is 241 g/mol. The molecule has 4 bridgehead atoms. The molecule has 0 amide bonds. The summed E-state index contributed by atoms with van der Waals surface area (Å²) < 4.78 is 0. The summed E-state index contributed by atoms with van der Waals surface area (Å²) in [6.07, 6.45) is 10.9. The number of hydrogen-bond acceptors (Lipinski definition) is 1. The summed E-state index contributed by atoms with van der Waals surface area (Å²) >= 11 is 0. The molecule has 4 aliphatic carbocycles. The Kier molecular flexibility index (Phi) is 2.19. The van der Waals surface area contributed by atoms with Crippen LogP contribution >= 0.6 is 0 Å². The van der Waals surface area contributed by atoms with Crippen molar-refractivity contribution >= 4 is 0 Å². The van der Waals surface area contributed by atoms with Crippen LogP contribution < -0.4 is 0 Å². The van der Waals surface area contributed by atoms with Crippen LogP contribution in [0.4, 0.5) is 0 Å². The Balaban J connectivity index is 1.76. The Morgan fingerprint density at radius 2 is 1.50 bits per heavy atom. The smallest absolute Gasteiger partial charge is 0.0468 e. The van der Waals surface area contributed by atoms with Gasteiger partial charge in [0.25, 0.3) is 0 Å². The highest BCUT2D eigenvalue weighted by Gasteiger charge is 2.52. The van der Waals surface area contributed by atoms with Crippen molar-refractivity contribution in [2.24, 2.45) is 17.8 Å². The van der Waals surface area contributed by atoms with E-state index in [2.05, 4.69) is 26.1 Å². The SMILES string of the molecule is Cc1cnc(C23CC4CC(CC(C4)C2)C3)cc1C. The van der Waals surface area contributed by atoms with E-state index in [4.69, 9.17) is 4.98 Å². The van der Waals surface area contributed by atoms with Gasteiger partial charge in [0, 0.05) is 17.3 Å². The normalized spacial score (nSPS) is 41.3. The lowest BCUT2D eigenvalue weighted by Crippen LogP contribution is -2.48. The molecule has 4 aliphatic rings. The lowest BCUT2D eigenvalue weighted by molar-refractivity contribution is -0.00723. The predicted octanol–water partition coefficient (Wildman–Crippen LogP) is 4.17. The summed E-state index contributed by atoms with van der Waals surface area (Å²) in [5, 5.41) is 0. The van der Waals surface area contributed by atoms with Crippen molar-refractivity contribution in [3.05, 3.63) is 29.1 Å². The van der Waals surface area contributed by atoms with E-state index in [0.29, 0.717) is 5.41 Å². The lowest BCUT2D eigenvalue weighted by Gasteiger charge is -2.56. The number of aryl methyl sites for hydroxylation is 2. The number of hydrogen-bond donors (Lipinski definition) is 0. The second-order valence-electron chi connectivity index (χ2n) is 7.35. The van der Waals surface area contributed by atoms with Gasteiger partial charge < -0.3 is 0 Å². The van der Waals surface area contributed by atoms with Crippen molar-refractivity contribution in [2.45, 2.75) is 57.8 Å². The van der Waals surface area contributed by atoms with E-state index in [1.165, 1.54) is 55.3 Å². The zero-order valence-corrected chi connectivity index (χ0v) is 11.6. The zero-order valence-electron chi connectivity index (χ0n) is 11.6. The van der Waals surface area contributed by atoms with E-state index in [1.807, 2.05) is 0 Å². The van der Waals surface area contributed by atoms with Gasteiger partial charge in [-0.1, -0.05) is 0 Å². The van der Waals surface area contributed by atoms with Crippen LogP contribution in [-0.2, 0) is 5.41 Å². The van der Waals surface area contributed by atoms with Crippen molar-refractivity contribution in [3.8, 4) is 0 Å². The third-order valence-electron chi connectivity index (χ3n) is 5.95. The summed E-state index contributed by atoms with van der Waals surface area (Å²) in [4.78, 5) is 4.83. The van der Waals surface area contributed by atoms with Gasteiger partial charge >= 0.3 is 0 Å². The molecule has 18 heavy (non-hydrogen) atoms. The van der Waals surface area contributed by atoms with Gasteiger partial charge in [-0.25, -0.2) is 0 Å². The van der Waals surface area contributed by atoms with E-state index in [-0.39, 0.29) is 0 Å². The van der Waals surface area contributed by atoms with Crippen LogP contribution in [0.15, 0.2) is 12.3 Å². The van der Waals surface area contributed by atoms with Crippen LogP contribution in [0.2, 0.25) is 0 Å². The van der Waals surface area contributed by atoms with Gasteiger partial charge in [-0.2, -0.15) is 0 Å². The first-order chi connectivity index (χ1) is 8.64. The minimum absolute atomic E-state index is 0.465. The van der Waals surface area contributed by atoms with Crippen molar-refractivity contribution in [3.63, 3.8) is 0 Å². The zero-order chi connectivity index (χ0) is 12.3. The Labute approximate surface area is 110 Å². The van der Waals surface area contributed by atoms with Gasteiger partial charge in [-0.3, -0.25) is 4.98 Å². The van der Waals surface area contributed by atoms with Crippen molar-refractivity contribution < 1.29 is 0 Å². The van der Waals surface area contributed by atoms with E-state index < -0.39 is 0 Å². The Morgan fingerprint density at radius 1 is 0.944 bits per heavy atom. The van der Waals surface area contributed by atoms with Crippen LogP contribution in [-0.4, -0.2) is 4.98 Å². The third-order valence-corrected chi connectivity index (χ3v) is 5.95. The van der Waals surface area contributed by atoms with Gasteiger partial charge in [-0.15, -0.1) is 0 Å². The minimum Gasteiger partial charge on any atom is -0.260 e. The molecule has 96 valence electrons. The standard InChI is InChI=1S/C17H23N/c1-11-3-16(18-10-12(11)2)17-7-13-4-14(8-17)6-15(5-13)9-17/h3,10,13-15H,4-9H2,1-2H3. The molecule has 1 aromatic rings. The molecule has 1 nitrogen and oxygen atoms in total. The number of nitrogens with zero attached hydrogens (tertiary/aromatic N) is 1. The molecule has 0 spiro atoms. The summed E-state index contributed by atoms with van der Waals surface area (Å²) in [6.45, 7) is 4.41. The number of aromatic nitrogens is 1. The Bertz CT molecular complexity index is 453. The van der Waals surface area contributed by atoms with Crippen molar-refractivity contribution in [1.82, 2.24) is 4.98 Å². The highest BCUT2D eigenvalue weighted by molar-refractivity contribution is 5.30. The highest BCUT2D eigenvalue weighted by Crippen LogP contribution is 2.60. The quantitative estimate of drug-likeness (QED) is 0.719. The maximum atomic E-state index is 4.83. The fourth-order valence-corrected chi connectivity index (χ4v) is 5.34. The molecule has 0 unspecified atom stereocenters. The van der Waals surface area contributed by atoms with Crippen LogP contribution in [0.3, 0.4) is 0 Å². The van der Waals surface area contributed by atoms with Gasteiger partial charge in [0.05, 0.1) is 0 Å². The van der Waals surface area contributed by atoms with E-state index in [1.54, 1.807) is 0 Å². The largest absolute Gasteiger partial charge is 0.260 e. The molecule has 4 fully saturated rings. The molecule has 0 N–H and O–H groups in total. The number of pyridine rings is 1. The molecular weight excluding hydrogens is 218 g/mol. The maximum absolute atomic E-state index is 4.83. The summed E-state index contributed by atoms with van der Waals surface area (Å²) in [6, 6.07) is 2.39. The third kappa shape index (κ3) is 1.49. The van der Waals surface area contributed by atoms with Crippen molar-refractivity contribution in [1.29, 1.82) is 0 Å². The van der Waals surface area contributed by atoms with Crippen LogP contribution in [0.25, 0.3) is 0 Å². The van der Waals surface area contributed by atoms with Crippen LogP contribution in [0, 0.1) is 31.6 Å². The first-order valence-electron chi connectivity index (χ1n) is 7.58. The molecule has 0 saturated heterocycles. The summed E-state index contributed by atoms with van der Waals surface area (Å²) in [5.41, 5.74) is 4.65. The number of rotatable bonds is 1. The molecule has 0 radical (unpaired) electrons. The fourth-order valence-electron chi connectivity index (χ4n) is 5.34. The van der Waals surface area contributed by atoms with E-state index in [0.717, 1.165) is 17.8 Å². The topological polar surface area (TPSA) is 12.9 Å². The molecule has 5 rings (SSSR count). The van der Waals surface area contributed by atoms with Gasteiger partial charge in [-0.05, 0) is 87.3 Å². The maximum Gasteiger partial charge on any atom is 0.0468 e. The molecule has 1 heterocycles. The molecule has 1 aromatic heterocycles. The highest BCUT2D eigenvalue weighted by atomic mass is 14.7. The van der Waals surface area contributed by atoms with Gasteiger partial charge in [0.15, 0.2) is 0 Å². The molecule has 0 aromatic carbocycles. The average Bonchev–Trinajstić information content (AvgIpc) is 2.31. The van der Waals surface area contributed by atoms with E-state index >= 15 is 0 Å². The Morgan fingerprint density at radius 3 is 2.00 bits per heavy atom. The first kappa shape index (κ1) is 11.0. The molecular formula is C17H23N. The molecule has 0 atom stereocenters. The average molecular weight is 241 g/mol. The second kappa shape index (κ2) is 3.59. The fraction of sp³-hybridized carbons (Fsp3) is 0.706. The van der Waals surface area contributed by atoms with Gasteiger partial charge in [0.2, 0.25) is 0 Å². The second-order valence-corrected chi connectivity index (χ2v) is 7.35. The van der Waals surface area contributed by atoms with Crippen LogP contribution in [0.1, 0.15) is 55.3 Å². The van der Waals surface area contributed by atoms with E-state index in [9.17, 15) is 0 Å². The minimum atomic E-state index is 0.465. The first-order valence-corrected chi connectivity index (χ1v) is 7.58. The predicted molar refractivity (Wildman–Crippen MR) is 73.6 cm³/mol. The van der Waals surface area contributed by atoms with Crippen molar-refractivity contribution in [2.75, 3.05) is 0 Å². The Hall–Kier alpha value is -0.850. The molecule has 1 heteroatoms. The summed E-state index contributed by atoms with van der Waals surface area (Å²) in [7, 11) is 0. The van der Waals surface area contributed by atoms with Crippen LogP contribution in [0.5, 0.6) is 0 Å².